The van der Waals surface area contributed by atoms with Crippen molar-refractivity contribution in [3.63, 3.8) is 0 Å². The van der Waals surface area contributed by atoms with E-state index in [0.29, 0.717) is 6.61 Å². The van der Waals surface area contributed by atoms with E-state index in [-0.39, 0.29) is 0 Å². The minimum absolute atomic E-state index is 0.369. The number of quaternary nitrogens is 1. The first-order valence-electron chi connectivity index (χ1n) is 6.29. The van der Waals surface area contributed by atoms with Gasteiger partial charge in [-0.3, -0.25) is 0 Å². The van der Waals surface area contributed by atoms with Gasteiger partial charge in [0, 0.05) is 19.4 Å². The van der Waals surface area contributed by atoms with Gasteiger partial charge in [0.1, 0.15) is 0 Å². The van der Waals surface area contributed by atoms with Crippen molar-refractivity contribution in [3.8, 4) is 0 Å². The highest BCUT2D eigenvalue weighted by atomic mass is 16.2. The average molecular weight is 200 g/mol. The molecular weight excluding hydrogens is 174 g/mol. The zero-order valence-electron chi connectivity index (χ0n) is 9.67. The Balaban J connectivity index is 2.21. The molecule has 1 heterocycles. The molecule has 0 saturated carbocycles. The summed E-state index contributed by atoms with van der Waals surface area (Å²) in [5, 5.41) is 8.72. The summed E-state index contributed by atoms with van der Waals surface area (Å²) in [4.78, 5) is 0. The minimum atomic E-state index is 0.369. The quantitative estimate of drug-likeness (QED) is 0.493. The van der Waals surface area contributed by atoms with Crippen LogP contribution in [0.1, 0.15) is 45.4 Å². The summed E-state index contributed by atoms with van der Waals surface area (Å²) in [5.74, 6) is 0. The van der Waals surface area contributed by atoms with Crippen LogP contribution in [0.25, 0.3) is 0 Å². The monoisotopic (exact) mass is 200 g/mol. The number of hydrogen-bond donors (Lipinski definition) is 1. The molecule has 1 saturated heterocycles. The lowest BCUT2D eigenvalue weighted by molar-refractivity contribution is -0.917. The molecule has 0 aromatic rings. The lowest BCUT2D eigenvalue weighted by Crippen LogP contribution is -2.46. The van der Waals surface area contributed by atoms with E-state index in [1.54, 1.807) is 0 Å². The number of aliphatic hydroxyl groups is 1. The third kappa shape index (κ3) is 3.58. The van der Waals surface area contributed by atoms with Crippen LogP contribution >= 0.6 is 0 Å². The Morgan fingerprint density at radius 2 is 1.71 bits per heavy atom. The molecule has 0 atom stereocenters. The SMILES string of the molecule is CCC[N+]1(CCCCCO)CCCC1. The number of likely N-dealkylation sites (tertiary alicyclic amines) is 1. The maximum atomic E-state index is 8.72. The summed E-state index contributed by atoms with van der Waals surface area (Å²) in [6, 6.07) is 0. The van der Waals surface area contributed by atoms with E-state index in [9.17, 15) is 0 Å². The van der Waals surface area contributed by atoms with E-state index in [4.69, 9.17) is 5.11 Å². The summed E-state index contributed by atoms with van der Waals surface area (Å²) in [7, 11) is 0. The molecule has 2 heteroatoms. The van der Waals surface area contributed by atoms with E-state index in [1.165, 1.54) is 62.8 Å². The van der Waals surface area contributed by atoms with Gasteiger partial charge in [0.05, 0.1) is 26.2 Å². The largest absolute Gasteiger partial charge is 0.396 e. The van der Waals surface area contributed by atoms with Crippen LogP contribution in [0.5, 0.6) is 0 Å². The first kappa shape index (κ1) is 12.0. The van der Waals surface area contributed by atoms with Gasteiger partial charge in [-0.15, -0.1) is 0 Å². The molecule has 0 aromatic heterocycles. The highest BCUT2D eigenvalue weighted by Crippen LogP contribution is 2.21. The van der Waals surface area contributed by atoms with Gasteiger partial charge in [-0.1, -0.05) is 6.92 Å². The molecule has 0 radical (unpaired) electrons. The van der Waals surface area contributed by atoms with Crippen molar-refractivity contribution in [2.45, 2.75) is 45.4 Å². The van der Waals surface area contributed by atoms with Gasteiger partial charge < -0.3 is 9.59 Å². The molecule has 84 valence electrons. The van der Waals surface area contributed by atoms with Crippen molar-refractivity contribution in [1.29, 1.82) is 0 Å². The van der Waals surface area contributed by atoms with Gasteiger partial charge in [-0.2, -0.15) is 0 Å². The normalized spacial score (nSPS) is 20.1. The molecule has 0 spiro atoms. The summed E-state index contributed by atoms with van der Waals surface area (Å²) in [6.07, 6.45) is 7.69. The van der Waals surface area contributed by atoms with Crippen molar-refractivity contribution >= 4 is 0 Å². The van der Waals surface area contributed by atoms with Crippen molar-refractivity contribution in [2.24, 2.45) is 0 Å². The molecule has 0 aliphatic carbocycles. The van der Waals surface area contributed by atoms with Crippen LogP contribution in [-0.2, 0) is 0 Å². The van der Waals surface area contributed by atoms with Crippen LogP contribution in [0.3, 0.4) is 0 Å². The molecule has 0 unspecified atom stereocenters. The Kier molecular flexibility index (Phi) is 5.49. The molecule has 0 bridgehead atoms. The van der Waals surface area contributed by atoms with Crippen LogP contribution < -0.4 is 0 Å². The van der Waals surface area contributed by atoms with Gasteiger partial charge in [0.2, 0.25) is 0 Å². The lowest BCUT2D eigenvalue weighted by Gasteiger charge is -2.34. The molecule has 1 N–H and O–H groups in total. The van der Waals surface area contributed by atoms with Crippen molar-refractivity contribution in [2.75, 3.05) is 32.8 Å². The average Bonchev–Trinajstić information content (AvgIpc) is 2.63. The molecule has 0 amide bonds. The van der Waals surface area contributed by atoms with Gasteiger partial charge in [-0.25, -0.2) is 0 Å². The van der Waals surface area contributed by atoms with Crippen molar-refractivity contribution in [1.82, 2.24) is 0 Å². The van der Waals surface area contributed by atoms with E-state index >= 15 is 0 Å². The predicted octanol–water partition coefficient (Wildman–Crippen LogP) is 2.17. The number of unbranched alkanes of at least 4 members (excludes halogenated alkanes) is 2. The van der Waals surface area contributed by atoms with E-state index in [1.807, 2.05) is 0 Å². The third-order valence-corrected chi connectivity index (χ3v) is 3.50. The molecule has 14 heavy (non-hydrogen) atoms. The maximum Gasteiger partial charge on any atom is 0.0788 e. The first-order valence-corrected chi connectivity index (χ1v) is 6.29. The Hall–Kier alpha value is -0.0800. The summed E-state index contributed by atoms with van der Waals surface area (Å²) in [6.45, 7) is 8.21. The highest BCUT2D eigenvalue weighted by Gasteiger charge is 2.29. The lowest BCUT2D eigenvalue weighted by atomic mass is 10.2. The number of aliphatic hydroxyl groups excluding tert-OH is 1. The highest BCUT2D eigenvalue weighted by molar-refractivity contribution is 4.55. The van der Waals surface area contributed by atoms with Crippen molar-refractivity contribution in [3.05, 3.63) is 0 Å². The Labute approximate surface area is 88.5 Å². The molecular formula is C12H26NO+. The number of hydrogen-bond acceptors (Lipinski definition) is 1. The molecule has 0 aromatic carbocycles. The molecule has 2 nitrogen and oxygen atoms in total. The summed E-state index contributed by atoms with van der Waals surface area (Å²) in [5.41, 5.74) is 0. The van der Waals surface area contributed by atoms with Crippen LogP contribution in [0.15, 0.2) is 0 Å². The van der Waals surface area contributed by atoms with Gasteiger partial charge >= 0.3 is 0 Å². The smallest absolute Gasteiger partial charge is 0.0788 e. The van der Waals surface area contributed by atoms with Crippen LogP contribution in [0.4, 0.5) is 0 Å². The second-order valence-corrected chi connectivity index (χ2v) is 4.73. The van der Waals surface area contributed by atoms with E-state index in [2.05, 4.69) is 6.92 Å². The first-order chi connectivity index (χ1) is 6.83. The number of rotatable bonds is 7. The maximum absolute atomic E-state index is 8.72. The number of nitrogens with zero attached hydrogens (tertiary/aromatic N) is 1. The summed E-state index contributed by atoms with van der Waals surface area (Å²) < 4.78 is 1.38. The fourth-order valence-electron chi connectivity index (χ4n) is 2.78. The van der Waals surface area contributed by atoms with Crippen LogP contribution in [0, 0.1) is 0 Å². The summed E-state index contributed by atoms with van der Waals surface area (Å²) >= 11 is 0. The van der Waals surface area contributed by atoms with E-state index in [0.717, 1.165) is 6.42 Å². The molecule has 1 fully saturated rings. The zero-order valence-corrected chi connectivity index (χ0v) is 9.67. The van der Waals surface area contributed by atoms with E-state index < -0.39 is 0 Å². The molecule has 1 rings (SSSR count). The fraction of sp³-hybridized carbons (Fsp3) is 1.00. The zero-order chi connectivity index (χ0) is 10.3. The Bertz CT molecular complexity index is 141. The van der Waals surface area contributed by atoms with Gasteiger partial charge in [0.25, 0.3) is 0 Å². The Morgan fingerprint density at radius 1 is 1.00 bits per heavy atom. The second-order valence-electron chi connectivity index (χ2n) is 4.73. The third-order valence-electron chi connectivity index (χ3n) is 3.50. The van der Waals surface area contributed by atoms with Crippen LogP contribution in [0.2, 0.25) is 0 Å². The van der Waals surface area contributed by atoms with Gasteiger partial charge in [0.15, 0.2) is 0 Å². The van der Waals surface area contributed by atoms with Crippen molar-refractivity contribution < 1.29 is 9.59 Å². The standard InChI is InChI=1S/C12H26NO/c1-2-8-13(10-5-6-11-13)9-4-3-7-12-14/h14H,2-12H2,1H3/q+1. The molecule has 1 aliphatic heterocycles. The fourth-order valence-corrected chi connectivity index (χ4v) is 2.78. The minimum Gasteiger partial charge on any atom is -0.396 e. The second kappa shape index (κ2) is 6.41. The predicted molar refractivity (Wildman–Crippen MR) is 60.2 cm³/mol. The topological polar surface area (TPSA) is 20.2 Å². The van der Waals surface area contributed by atoms with Crippen LogP contribution in [-0.4, -0.2) is 42.4 Å². The van der Waals surface area contributed by atoms with Gasteiger partial charge in [-0.05, 0) is 25.7 Å². The molecule has 1 aliphatic rings. The Morgan fingerprint density at radius 3 is 2.29 bits per heavy atom.